The second kappa shape index (κ2) is 6.54. The fraction of sp³-hybridized carbons (Fsp3) is 0.364. The molecule has 0 heterocycles. The van der Waals surface area contributed by atoms with Gasteiger partial charge < -0.3 is 4.74 Å². The summed E-state index contributed by atoms with van der Waals surface area (Å²) < 4.78 is 52.9. The van der Waals surface area contributed by atoms with Crippen LogP contribution in [0.25, 0.3) is 0 Å². The second-order valence-corrected chi connectivity index (χ2v) is 4.45. The molecule has 106 valence electrons. The van der Waals surface area contributed by atoms with Gasteiger partial charge in [0.05, 0.1) is 5.02 Å². The molecule has 0 spiro atoms. The zero-order valence-corrected chi connectivity index (χ0v) is 10.8. The van der Waals surface area contributed by atoms with Gasteiger partial charge >= 0.3 is 12.3 Å². The molecule has 0 saturated carbocycles. The molecule has 1 rings (SSSR count). The normalized spacial score (nSPS) is 11.9. The average molecular weight is 319 g/mol. The van der Waals surface area contributed by atoms with Crippen molar-refractivity contribution in [2.75, 3.05) is 13.2 Å². The van der Waals surface area contributed by atoms with Crippen LogP contribution in [0.5, 0.6) is 0 Å². The highest BCUT2D eigenvalue weighted by Crippen LogP contribution is 2.24. The molecule has 0 bridgehead atoms. The van der Waals surface area contributed by atoms with E-state index in [4.69, 9.17) is 23.2 Å². The van der Waals surface area contributed by atoms with Crippen LogP contribution in [0.4, 0.5) is 17.6 Å². The van der Waals surface area contributed by atoms with Gasteiger partial charge in [0, 0.05) is 10.6 Å². The van der Waals surface area contributed by atoms with Crippen molar-refractivity contribution in [3.05, 3.63) is 33.8 Å². The lowest BCUT2D eigenvalue weighted by Crippen LogP contribution is -2.33. The first kappa shape index (κ1) is 16.2. The Bertz CT molecular complexity index is 466. The number of benzene rings is 1. The van der Waals surface area contributed by atoms with Gasteiger partial charge in [-0.15, -0.1) is 0 Å². The summed E-state index contributed by atoms with van der Waals surface area (Å²) in [5.74, 6) is -4.99. The minimum atomic E-state index is -4.29. The van der Waals surface area contributed by atoms with Crippen LogP contribution in [-0.2, 0) is 4.74 Å². The van der Waals surface area contributed by atoms with Crippen LogP contribution >= 0.6 is 23.2 Å². The molecule has 1 aromatic carbocycles. The van der Waals surface area contributed by atoms with E-state index in [0.717, 1.165) is 0 Å². The monoisotopic (exact) mass is 318 g/mol. The molecule has 0 atom stereocenters. The van der Waals surface area contributed by atoms with Gasteiger partial charge in [-0.05, 0) is 18.2 Å². The molecule has 1 aromatic rings. The van der Waals surface area contributed by atoms with Crippen LogP contribution in [-0.4, -0.2) is 31.3 Å². The van der Waals surface area contributed by atoms with Gasteiger partial charge in [-0.25, -0.2) is 8.78 Å². The molecule has 0 saturated heterocycles. The Morgan fingerprint density at radius 1 is 1.32 bits per heavy atom. The van der Waals surface area contributed by atoms with Gasteiger partial charge in [0.15, 0.2) is 5.78 Å². The quantitative estimate of drug-likeness (QED) is 0.583. The lowest BCUT2D eigenvalue weighted by atomic mass is 10.1. The van der Waals surface area contributed by atoms with Crippen molar-refractivity contribution in [3.63, 3.8) is 0 Å². The predicted molar refractivity (Wildman–Crippen MR) is 62.6 cm³/mol. The fourth-order valence-corrected chi connectivity index (χ4v) is 1.65. The number of ether oxygens (including phenoxy) is 1. The first-order valence-corrected chi connectivity index (χ1v) is 5.71. The lowest BCUT2D eigenvalue weighted by molar-refractivity contribution is -0.163. The summed E-state index contributed by atoms with van der Waals surface area (Å²) in [6.07, 6.45) is -3.85. The standard InChI is InChI=1S/C11H8Cl2F4O2/c12-6-1-2-7(8(13)3-6)9(18)4-19-5-11(16,17)10(14)15/h1-3,10H,4-5H2. The van der Waals surface area contributed by atoms with E-state index in [0.29, 0.717) is 5.02 Å². The Morgan fingerprint density at radius 3 is 2.47 bits per heavy atom. The fourth-order valence-electron chi connectivity index (χ4n) is 1.14. The highest BCUT2D eigenvalue weighted by Gasteiger charge is 2.41. The second-order valence-electron chi connectivity index (χ2n) is 3.60. The number of rotatable bonds is 6. The average Bonchev–Trinajstić information content (AvgIpc) is 2.28. The number of halogens is 6. The summed E-state index contributed by atoms with van der Waals surface area (Å²) in [5, 5.41) is 0.327. The van der Waals surface area contributed by atoms with Gasteiger partial charge in [0.2, 0.25) is 0 Å². The number of Topliss-reactive ketones (excluding diaryl/α,β-unsaturated/α-hetero) is 1. The van der Waals surface area contributed by atoms with Crippen LogP contribution in [0, 0.1) is 0 Å². The number of alkyl halides is 4. The van der Waals surface area contributed by atoms with E-state index in [1.54, 1.807) is 0 Å². The van der Waals surface area contributed by atoms with Crippen molar-refractivity contribution in [1.29, 1.82) is 0 Å². The Kier molecular flexibility index (Phi) is 5.58. The van der Waals surface area contributed by atoms with Crippen molar-refractivity contribution in [3.8, 4) is 0 Å². The molecular formula is C11H8Cl2F4O2. The number of carbonyl (C=O) groups is 1. The maximum absolute atomic E-state index is 12.5. The number of carbonyl (C=O) groups excluding carboxylic acids is 1. The van der Waals surface area contributed by atoms with E-state index in [9.17, 15) is 22.4 Å². The highest BCUT2D eigenvalue weighted by molar-refractivity contribution is 6.36. The third-order valence-corrected chi connectivity index (χ3v) is 2.63. The SMILES string of the molecule is O=C(COCC(F)(F)C(F)F)c1ccc(Cl)cc1Cl. The van der Waals surface area contributed by atoms with Crippen molar-refractivity contribution >= 4 is 29.0 Å². The minimum Gasteiger partial charge on any atom is -0.367 e. The molecule has 0 aliphatic heterocycles. The molecule has 0 aliphatic carbocycles. The molecule has 0 amide bonds. The lowest BCUT2D eigenvalue weighted by Gasteiger charge is -2.14. The number of ketones is 1. The molecular weight excluding hydrogens is 311 g/mol. The van der Waals surface area contributed by atoms with E-state index >= 15 is 0 Å². The molecule has 0 N–H and O–H groups in total. The van der Waals surface area contributed by atoms with Crippen molar-refractivity contribution in [2.24, 2.45) is 0 Å². The van der Waals surface area contributed by atoms with Crippen LogP contribution in [0.3, 0.4) is 0 Å². The summed E-state index contributed by atoms with van der Waals surface area (Å²) in [7, 11) is 0. The van der Waals surface area contributed by atoms with Gasteiger partial charge in [-0.2, -0.15) is 8.78 Å². The van der Waals surface area contributed by atoms with E-state index in [2.05, 4.69) is 4.74 Å². The summed E-state index contributed by atoms with van der Waals surface area (Å²) in [6, 6.07) is 3.97. The van der Waals surface area contributed by atoms with Gasteiger partial charge in [0.1, 0.15) is 13.2 Å². The first-order chi connectivity index (χ1) is 8.74. The third kappa shape index (κ3) is 4.63. The largest absolute Gasteiger partial charge is 0.367 e. The molecule has 0 fully saturated rings. The van der Waals surface area contributed by atoms with Crippen LogP contribution in [0.2, 0.25) is 10.0 Å². The smallest absolute Gasteiger partial charge is 0.330 e. The molecule has 2 nitrogen and oxygen atoms in total. The number of hydrogen-bond donors (Lipinski definition) is 0. The van der Waals surface area contributed by atoms with E-state index in [1.807, 2.05) is 0 Å². The Hall–Kier alpha value is -0.850. The Morgan fingerprint density at radius 2 is 1.95 bits per heavy atom. The maximum Gasteiger partial charge on any atom is 0.330 e. The van der Waals surface area contributed by atoms with E-state index in [1.165, 1.54) is 18.2 Å². The molecule has 0 radical (unpaired) electrons. The number of hydrogen-bond acceptors (Lipinski definition) is 2. The molecule has 8 heteroatoms. The maximum atomic E-state index is 12.5. The van der Waals surface area contributed by atoms with Crippen LogP contribution in [0.15, 0.2) is 18.2 Å². The Balaban J connectivity index is 2.57. The summed E-state index contributed by atoms with van der Waals surface area (Å²) in [4.78, 5) is 11.5. The predicted octanol–water partition coefficient (Wildman–Crippen LogP) is 4.09. The van der Waals surface area contributed by atoms with Crippen LogP contribution < -0.4 is 0 Å². The summed E-state index contributed by atoms with van der Waals surface area (Å²) >= 11 is 11.3. The Labute approximate surface area is 116 Å². The van der Waals surface area contributed by atoms with Gasteiger partial charge in [-0.3, -0.25) is 4.79 Å². The van der Waals surface area contributed by atoms with E-state index < -0.39 is 31.3 Å². The molecule has 0 unspecified atom stereocenters. The van der Waals surface area contributed by atoms with Gasteiger partial charge in [0.25, 0.3) is 0 Å². The van der Waals surface area contributed by atoms with Crippen LogP contribution in [0.1, 0.15) is 10.4 Å². The topological polar surface area (TPSA) is 26.3 Å². The molecule has 0 aromatic heterocycles. The zero-order valence-electron chi connectivity index (χ0n) is 9.31. The summed E-state index contributed by atoms with van der Waals surface area (Å²) in [5.41, 5.74) is 0.0198. The van der Waals surface area contributed by atoms with E-state index in [-0.39, 0.29) is 10.6 Å². The molecule has 19 heavy (non-hydrogen) atoms. The third-order valence-electron chi connectivity index (χ3n) is 2.08. The zero-order chi connectivity index (χ0) is 14.6. The minimum absolute atomic E-state index is 0.0198. The van der Waals surface area contributed by atoms with Gasteiger partial charge in [-0.1, -0.05) is 23.2 Å². The summed E-state index contributed by atoms with van der Waals surface area (Å²) in [6.45, 7) is -2.31. The van der Waals surface area contributed by atoms with Crippen molar-refractivity contribution < 1.29 is 27.1 Å². The first-order valence-electron chi connectivity index (χ1n) is 4.96. The highest BCUT2D eigenvalue weighted by atomic mass is 35.5. The molecule has 0 aliphatic rings. The van der Waals surface area contributed by atoms with Crippen molar-refractivity contribution in [2.45, 2.75) is 12.3 Å². The van der Waals surface area contributed by atoms with Crippen molar-refractivity contribution in [1.82, 2.24) is 0 Å².